The first-order valence-corrected chi connectivity index (χ1v) is 7.46. The van der Waals surface area contributed by atoms with E-state index in [1.54, 1.807) is 4.90 Å². The Hall–Kier alpha value is -0.780. The van der Waals surface area contributed by atoms with Crippen LogP contribution in [-0.2, 0) is 4.79 Å². The molecule has 0 spiro atoms. The van der Waals surface area contributed by atoms with Crippen molar-refractivity contribution in [3.63, 3.8) is 0 Å². The van der Waals surface area contributed by atoms with Crippen molar-refractivity contribution in [1.82, 2.24) is 10.2 Å². The highest BCUT2D eigenvalue weighted by molar-refractivity contribution is 5.76. The van der Waals surface area contributed by atoms with Crippen molar-refractivity contribution in [3.8, 4) is 0 Å². The zero-order chi connectivity index (χ0) is 15.2. The maximum absolute atomic E-state index is 12.5. The Bertz CT molecular complexity index is 295. The Kier molecular flexibility index (Phi) is 6.79. The van der Waals surface area contributed by atoms with Gasteiger partial charge in [-0.1, -0.05) is 0 Å². The van der Waals surface area contributed by atoms with E-state index in [4.69, 9.17) is 0 Å². The second-order valence-electron chi connectivity index (χ2n) is 5.36. The highest BCUT2D eigenvalue weighted by Gasteiger charge is 2.41. The molecule has 6 heteroatoms. The molecule has 0 aliphatic heterocycles. The van der Waals surface area contributed by atoms with Gasteiger partial charge in [-0.2, -0.15) is 13.2 Å². The van der Waals surface area contributed by atoms with Gasteiger partial charge in [0.25, 0.3) is 0 Å². The molecule has 0 aromatic carbocycles. The highest BCUT2D eigenvalue weighted by Crippen LogP contribution is 2.37. The second-order valence-corrected chi connectivity index (χ2v) is 5.36. The SMILES string of the molecule is CCN(CC)C(=O)CCNC1CCC(C(F)(F)F)CC1. The van der Waals surface area contributed by atoms with Gasteiger partial charge in [-0.3, -0.25) is 4.79 Å². The van der Waals surface area contributed by atoms with Crippen LogP contribution in [0.1, 0.15) is 46.0 Å². The second kappa shape index (κ2) is 7.86. The van der Waals surface area contributed by atoms with Crippen molar-refractivity contribution in [2.75, 3.05) is 19.6 Å². The van der Waals surface area contributed by atoms with Crippen LogP contribution in [0.5, 0.6) is 0 Å². The van der Waals surface area contributed by atoms with Crippen LogP contribution in [-0.4, -0.2) is 42.7 Å². The van der Waals surface area contributed by atoms with E-state index in [-0.39, 0.29) is 24.8 Å². The van der Waals surface area contributed by atoms with Crippen LogP contribution >= 0.6 is 0 Å². The molecule has 0 unspecified atom stereocenters. The predicted octanol–water partition coefficient (Wildman–Crippen LogP) is 2.96. The number of rotatable bonds is 6. The van der Waals surface area contributed by atoms with Gasteiger partial charge in [-0.25, -0.2) is 0 Å². The summed E-state index contributed by atoms with van der Waals surface area (Å²) in [5.41, 5.74) is 0. The molecule has 1 N–H and O–H groups in total. The van der Waals surface area contributed by atoms with Crippen molar-refractivity contribution < 1.29 is 18.0 Å². The minimum absolute atomic E-state index is 0.103. The first-order valence-electron chi connectivity index (χ1n) is 7.46. The van der Waals surface area contributed by atoms with E-state index in [1.807, 2.05) is 13.8 Å². The van der Waals surface area contributed by atoms with Gasteiger partial charge >= 0.3 is 6.18 Å². The Morgan fingerprint density at radius 3 is 2.15 bits per heavy atom. The van der Waals surface area contributed by atoms with E-state index >= 15 is 0 Å². The number of carbonyl (C=O) groups excluding carboxylic acids is 1. The standard InChI is InChI=1S/C14H25F3N2O/c1-3-19(4-2)13(20)9-10-18-12-7-5-11(6-8-12)14(15,16)17/h11-12,18H,3-10H2,1-2H3. The first kappa shape index (κ1) is 17.3. The van der Waals surface area contributed by atoms with Crippen LogP contribution in [0, 0.1) is 5.92 Å². The van der Waals surface area contributed by atoms with E-state index in [9.17, 15) is 18.0 Å². The highest BCUT2D eigenvalue weighted by atomic mass is 19.4. The minimum Gasteiger partial charge on any atom is -0.343 e. The molecular weight excluding hydrogens is 269 g/mol. The minimum atomic E-state index is -4.05. The number of nitrogens with zero attached hydrogens (tertiary/aromatic N) is 1. The summed E-state index contributed by atoms with van der Waals surface area (Å²) < 4.78 is 37.6. The Labute approximate surface area is 118 Å². The summed E-state index contributed by atoms with van der Waals surface area (Å²) in [5, 5.41) is 3.21. The fourth-order valence-corrected chi connectivity index (χ4v) is 2.74. The Balaban J connectivity index is 2.20. The molecule has 118 valence electrons. The summed E-state index contributed by atoms with van der Waals surface area (Å²) in [6.45, 7) is 5.83. The maximum atomic E-state index is 12.5. The van der Waals surface area contributed by atoms with Crippen molar-refractivity contribution >= 4 is 5.91 Å². The van der Waals surface area contributed by atoms with Gasteiger partial charge in [0.05, 0.1) is 5.92 Å². The van der Waals surface area contributed by atoms with Crippen LogP contribution in [0.4, 0.5) is 13.2 Å². The van der Waals surface area contributed by atoms with Crippen LogP contribution in [0.2, 0.25) is 0 Å². The maximum Gasteiger partial charge on any atom is 0.391 e. The van der Waals surface area contributed by atoms with Crippen LogP contribution in [0.25, 0.3) is 0 Å². The normalized spacial score (nSPS) is 23.6. The number of hydrogen-bond acceptors (Lipinski definition) is 2. The number of nitrogens with one attached hydrogen (secondary N) is 1. The van der Waals surface area contributed by atoms with E-state index in [1.165, 1.54) is 0 Å². The lowest BCUT2D eigenvalue weighted by molar-refractivity contribution is -0.182. The molecule has 1 saturated carbocycles. The van der Waals surface area contributed by atoms with Crippen LogP contribution < -0.4 is 5.32 Å². The third kappa shape index (κ3) is 5.31. The first-order chi connectivity index (χ1) is 9.38. The fraction of sp³-hybridized carbons (Fsp3) is 0.929. The van der Waals surface area contributed by atoms with Gasteiger partial charge in [-0.15, -0.1) is 0 Å². The van der Waals surface area contributed by atoms with Crippen molar-refractivity contribution in [2.45, 2.75) is 58.2 Å². The monoisotopic (exact) mass is 294 g/mol. The van der Waals surface area contributed by atoms with Gasteiger partial charge in [0, 0.05) is 32.1 Å². The Morgan fingerprint density at radius 1 is 1.15 bits per heavy atom. The van der Waals surface area contributed by atoms with Crippen molar-refractivity contribution in [1.29, 1.82) is 0 Å². The quantitative estimate of drug-likeness (QED) is 0.817. The molecule has 1 fully saturated rings. The molecule has 0 heterocycles. The molecular formula is C14H25F3N2O. The number of carbonyl (C=O) groups is 1. The van der Waals surface area contributed by atoms with Gasteiger partial charge in [-0.05, 0) is 39.5 Å². The molecule has 0 bridgehead atoms. The largest absolute Gasteiger partial charge is 0.391 e. The predicted molar refractivity (Wildman–Crippen MR) is 72.3 cm³/mol. The number of halogens is 3. The van der Waals surface area contributed by atoms with Crippen LogP contribution in [0.15, 0.2) is 0 Å². The molecule has 20 heavy (non-hydrogen) atoms. The molecule has 1 aliphatic carbocycles. The van der Waals surface area contributed by atoms with E-state index < -0.39 is 12.1 Å². The molecule has 1 aliphatic rings. The lowest BCUT2D eigenvalue weighted by Gasteiger charge is -2.30. The summed E-state index contributed by atoms with van der Waals surface area (Å²) >= 11 is 0. The summed E-state index contributed by atoms with van der Waals surface area (Å²) in [6.07, 6.45) is -2.14. The van der Waals surface area contributed by atoms with Gasteiger partial charge in [0.1, 0.15) is 0 Å². The lowest BCUT2D eigenvalue weighted by atomic mass is 9.85. The zero-order valence-electron chi connectivity index (χ0n) is 12.3. The third-order valence-corrected chi connectivity index (χ3v) is 4.08. The number of alkyl halides is 3. The van der Waals surface area contributed by atoms with Gasteiger partial charge in [0.2, 0.25) is 5.91 Å². The third-order valence-electron chi connectivity index (χ3n) is 4.08. The van der Waals surface area contributed by atoms with Gasteiger partial charge < -0.3 is 10.2 Å². The molecule has 1 amide bonds. The summed E-state index contributed by atoms with van der Waals surface area (Å²) in [7, 11) is 0. The summed E-state index contributed by atoms with van der Waals surface area (Å²) in [5.74, 6) is -1.04. The molecule has 0 radical (unpaired) electrons. The van der Waals surface area contributed by atoms with Crippen molar-refractivity contribution in [2.24, 2.45) is 5.92 Å². The van der Waals surface area contributed by atoms with E-state index in [0.29, 0.717) is 38.9 Å². The molecule has 0 aromatic rings. The molecule has 0 atom stereocenters. The van der Waals surface area contributed by atoms with E-state index in [0.717, 1.165) is 0 Å². The topological polar surface area (TPSA) is 32.3 Å². The lowest BCUT2D eigenvalue weighted by Crippen LogP contribution is -2.39. The summed E-state index contributed by atoms with van der Waals surface area (Å²) in [4.78, 5) is 13.5. The zero-order valence-corrected chi connectivity index (χ0v) is 12.3. The fourth-order valence-electron chi connectivity index (χ4n) is 2.74. The average Bonchev–Trinajstić information content (AvgIpc) is 2.39. The molecule has 1 rings (SSSR count). The smallest absolute Gasteiger partial charge is 0.343 e. The summed E-state index contributed by atoms with van der Waals surface area (Å²) in [6, 6.07) is 0.123. The van der Waals surface area contributed by atoms with Crippen molar-refractivity contribution in [3.05, 3.63) is 0 Å². The Morgan fingerprint density at radius 2 is 1.70 bits per heavy atom. The van der Waals surface area contributed by atoms with Crippen LogP contribution in [0.3, 0.4) is 0 Å². The van der Waals surface area contributed by atoms with E-state index in [2.05, 4.69) is 5.32 Å². The van der Waals surface area contributed by atoms with Gasteiger partial charge in [0.15, 0.2) is 0 Å². The number of hydrogen-bond donors (Lipinski definition) is 1. The molecule has 3 nitrogen and oxygen atoms in total. The average molecular weight is 294 g/mol. The molecule has 0 saturated heterocycles. The molecule has 0 aromatic heterocycles. The number of amides is 1.